The summed E-state index contributed by atoms with van der Waals surface area (Å²) in [6.45, 7) is 4.34. The lowest BCUT2D eigenvalue weighted by Crippen LogP contribution is -2.46. The zero-order valence-corrected chi connectivity index (χ0v) is 12.0. The van der Waals surface area contributed by atoms with E-state index in [0.717, 1.165) is 0 Å². The van der Waals surface area contributed by atoms with Gasteiger partial charge in [-0.3, -0.25) is 0 Å². The standard InChI is InChI=1S/C13H19NO4S/c1-10-3-4-11(8-15)7-12(10)19(16,17)14-13(2)5-6-18-9-13/h3-4,7,14-15H,5-6,8-9H2,1-2H3. The van der Waals surface area contributed by atoms with E-state index < -0.39 is 15.6 Å². The van der Waals surface area contributed by atoms with Crippen LogP contribution in [0.15, 0.2) is 23.1 Å². The van der Waals surface area contributed by atoms with Crippen molar-refractivity contribution in [2.24, 2.45) is 0 Å². The maximum absolute atomic E-state index is 12.4. The Kier molecular flexibility index (Phi) is 3.96. The average Bonchev–Trinajstić information content (AvgIpc) is 2.75. The van der Waals surface area contributed by atoms with Crippen LogP contribution in [0.3, 0.4) is 0 Å². The van der Waals surface area contributed by atoms with Crippen LogP contribution in [0.4, 0.5) is 0 Å². The van der Waals surface area contributed by atoms with Crippen LogP contribution in [-0.2, 0) is 21.4 Å². The first-order valence-corrected chi connectivity index (χ1v) is 7.67. The van der Waals surface area contributed by atoms with Crippen LogP contribution >= 0.6 is 0 Å². The molecule has 0 amide bonds. The van der Waals surface area contributed by atoms with Gasteiger partial charge in [-0.2, -0.15) is 0 Å². The van der Waals surface area contributed by atoms with Gasteiger partial charge in [-0.1, -0.05) is 12.1 Å². The third-order valence-corrected chi connectivity index (χ3v) is 5.10. The third-order valence-electron chi connectivity index (χ3n) is 3.32. The molecule has 0 bridgehead atoms. The summed E-state index contributed by atoms with van der Waals surface area (Å²) < 4.78 is 32.8. The molecule has 1 unspecified atom stereocenters. The van der Waals surface area contributed by atoms with Gasteiger partial charge < -0.3 is 9.84 Å². The fourth-order valence-electron chi connectivity index (χ4n) is 2.16. The van der Waals surface area contributed by atoms with E-state index in [1.165, 1.54) is 6.07 Å². The third kappa shape index (κ3) is 3.14. The molecule has 0 aliphatic carbocycles. The molecular weight excluding hydrogens is 266 g/mol. The van der Waals surface area contributed by atoms with Crippen LogP contribution in [0, 0.1) is 6.92 Å². The Balaban J connectivity index is 2.33. The molecule has 106 valence electrons. The molecule has 2 N–H and O–H groups in total. The Morgan fingerprint density at radius 3 is 2.79 bits per heavy atom. The zero-order valence-electron chi connectivity index (χ0n) is 11.1. The summed E-state index contributed by atoms with van der Waals surface area (Å²) in [5.74, 6) is 0. The zero-order chi connectivity index (χ0) is 14.1. The molecule has 1 saturated heterocycles. The van der Waals surface area contributed by atoms with Crippen LogP contribution in [0.25, 0.3) is 0 Å². The van der Waals surface area contributed by atoms with Crippen molar-refractivity contribution in [3.63, 3.8) is 0 Å². The highest BCUT2D eigenvalue weighted by molar-refractivity contribution is 7.89. The van der Waals surface area contributed by atoms with Gasteiger partial charge in [0.05, 0.1) is 23.6 Å². The van der Waals surface area contributed by atoms with E-state index in [1.54, 1.807) is 19.1 Å². The second-order valence-corrected chi connectivity index (χ2v) is 6.88. The van der Waals surface area contributed by atoms with Gasteiger partial charge in [-0.25, -0.2) is 13.1 Å². The Morgan fingerprint density at radius 1 is 1.47 bits per heavy atom. The predicted octanol–water partition coefficient (Wildman–Crippen LogP) is 0.945. The van der Waals surface area contributed by atoms with E-state index in [2.05, 4.69) is 4.72 Å². The van der Waals surface area contributed by atoms with Crippen molar-refractivity contribution in [2.45, 2.75) is 37.3 Å². The molecule has 1 heterocycles. The Bertz CT molecular complexity index is 562. The van der Waals surface area contributed by atoms with Crippen molar-refractivity contribution in [3.05, 3.63) is 29.3 Å². The molecule has 1 atom stereocenters. The van der Waals surface area contributed by atoms with Crippen LogP contribution in [0.5, 0.6) is 0 Å². The molecule has 1 aliphatic rings. The first-order valence-electron chi connectivity index (χ1n) is 6.18. The molecule has 0 aromatic heterocycles. The number of aryl methyl sites for hydroxylation is 1. The summed E-state index contributed by atoms with van der Waals surface area (Å²) in [7, 11) is -3.61. The molecule has 1 aromatic rings. The molecule has 1 fully saturated rings. The van der Waals surface area contributed by atoms with Crippen LogP contribution in [0.2, 0.25) is 0 Å². The first-order chi connectivity index (χ1) is 8.86. The minimum absolute atomic E-state index is 0.177. The van der Waals surface area contributed by atoms with E-state index in [-0.39, 0.29) is 11.5 Å². The second-order valence-electron chi connectivity index (χ2n) is 5.23. The topological polar surface area (TPSA) is 75.6 Å². The maximum atomic E-state index is 12.4. The van der Waals surface area contributed by atoms with Crippen molar-refractivity contribution in [2.75, 3.05) is 13.2 Å². The quantitative estimate of drug-likeness (QED) is 0.863. The van der Waals surface area contributed by atoms with E-state index in [0.29, 0.717) is 30.8 Å². The largest absolute Gasteiger partial charge is 0.392 e. The van der Waals surface area contributed by atoms with Crippen LogP contribution in [-0.4, -0.2) is 32.3 Å². The first kappa shape index (κ1) is 14.5. The van der Waals surface area contributed by atoms with Gasteiger partial charge in [0.1, 0.15) is 0 Å². The van der Waals surface area contributed by atoms with Crippen LogP contribution < -0.4 is 4.72 Å². The van der Waals surface area contributed by atoms with Crippen molar-refractivity contribution in [1.82, 2.24) is 4.72 Å². The maximum Gasteiger partial charge on any atom is 0.241 e. The van der Waals surface area contributed by atoms with Crippen molar-refractivity contribution in [3.8, 4) is 0 Å². The lowest BCUT2D eigenvalue weighted by Gasteiger charge is -2.24. The minimum Gasteiger partial charge on any atom is -0.392 e. The van der Waals surface area contributed by atoms with Gasteiger partial charge in [0.2, 0.25) is 10.0 Å². The smallest absolute Gasteiger partial charge is 0.241 e. The number of hydrogen-bond donors (Lipinski definition) is 2. The van der Waals surface area contributed by atoms with Gasteiger partial charge in [-0.05, 0) is 37.5 Å². The van der Waals surface area contributed by atoms with Crippen LogP contribution in [0.1, 0.15) is 24.5 Å². The molecule has 6 heteroatoms. The number of aliphatic hydroxyl groups excluding tert-OH is 1. The van der Waals surface area contributed by atoms with Crippen molar-refractivity contribution in [1.29, 1.82) is 0 Å². The molecule has 5 nitrogen and oxygen atoms in total. The van der Waals surface area contributed by atoms with Crippen molar-refractivity contribution < 1.29 is 18.3 Å². The van der Waals surface area contributed by atoms with Crippen molar-refractivity contribution >= 4 is 10.0 Å². The average molecular weight is 285 g/mol. The van der Waals surface area contributed by atoms with E-state index in [4.69, 9.17) is 9.84 Å². The number of benzene rings is 1. The SMILES string of the molecule is Cc1ccc(CO)cc1S(=O)(=O)NC1(C)CCOC1. The number of ether oxygens (including phenoxy) is 1. The Morgan fingerprint density at radius 2 is 2.21 bits per heavy atom. The van der Waals surface area contributed by atoms with Gasteiger partial charge >= 0.3 is 0 Å². The molecule has 0 saturated carbocycles. The van der Waals surface area contributed by atoms with E-state index in [1.807, 2.05) is 6.92 Å². The predicted molar refractivity (Wildman–Crippen MR) is 71.3 cm³/mol. The minimum atomic E-state index is -3.61. The van der Waals surface area contributed by atoms with Gasteiger partial charge in [0.15, 0.2) is 0 Å². The Hall–Kier alpha value is -0.950. The Labute approximate surface area is 113 Å². The summed E-state index contributed by atoms with van der Waals surface area (Å²) in [6, 6.07) is 4.93. The molecule has 1 aromatic carbocycles. The molecule has 0 spiro atoms. The lowest BCUT2D eigenvalue weighted by molar-refractivity contribution is 0.178. The summed E-state index contributed by atoms with van der Waals surface area (Å²) in [5.41, 5.74) is 0.687. The van der Waals surface area contributed by atoms with Gasteiger partial charge in [-0.15, -0.1) is 0 Å². The molecule has 2 rings (SSSR count). The highest BCUT2D eigenvalue weighted by atomic mass is 32.2. The summed E-state index contributed by atoms with van der Waals surface area (Å²) in [4.78, 5) is 0.215. The highest BCUT2D eigenvalue weighted by Gasteiger charge is 2.35. The summed E-state index contributed by atoms with van der Waals surface area (Å²) in [5, 5.41) is 9.12. The van der Waals surface area contributed by atoms with E-state index in [9.17, 15) is 8.42 Å². The fourth-order valence-corrected chi connectivity index (χ4v) is 3.88. The monoisotopic (exact) mass is 285 g/mol. The van der Waals surface area contributed by atoms with Gasteiger partial charge in [0.25, 0.3) is 0 Å². The van der Waals surface area contributed by atoms with Gasteiger partial charge in [0, 0.05) is 6.61 Å². The number of sulfonamides is 1. The molecular formula is C13H19NO4S. The number of nitrogens with one attached hydrogen (secondary N) is 1. The normalized spacial score (nSPS) is 23.7. The number of hydrogen-bond acceptors (Lipinski definition) is 4. The molecule has 0 radical (unpaired) electrons. The molecule has 19 heavy (non-hydrogen) atoms. The summed E-state index contributed by atoms with van der Waals surface area (Å²) in [6.07, 6.45) is 0.658. The number of rotatable bonds is 4. The summed E-state index contributed by atoms with van der Waals surface area (Å²) >= 11 is 0. The highest BCUT2D eigenvalue weighted by Crippen LogP contribution is 2.23. The molecule has 1 aliphatic heterocycles. The van der Waals surface area contributed by atoms with E-state index >= 15 is 0 Å². The second kappa shape index (κ2) is 5.20. The fraction of sp³-hybridized carbons (Fsp3) is 0.538. The lowest BCUT2D eigenvalue weighted by atomic mass is 10.0. The number of aliphatic hydroxyl groups is 1.